The Morgan fingerprint density at radius 2 is 2.06 bits per heavy atom. The van der Waals surface area contributed by atoms with E-state index in [1.54, 1.807) is 18.2 Å². The van der Waals surface area contributed by atoms with Crippen molar-refractivity contribution in [2.24, 2.45) is 0 Å². The van der Waals surface area contributed by atoms with Crippen LogP contribution in [-0.4, -0.2) is 25.5 Å². The minimum absolute atomic E-state index is 0.0650. The van der Waals surface area contributed by atoms with Crippen LogP contribution in [0, 0.1) is 5.82 Å². The molecule has 0 unspecified atom stereocenters. The standard InChI is InChI=1S/C12H15FN2O/c13-10-5-1-2-6-11(10)15-8-4-3-7-14-9-12(15)16/h1-2,5-6,14H,3-4,7-9H2. The molecule has 16 heavy (non-hydrogen) atoms. The van der Waals surface area contributed by atoms with Crippen molar-refractivity contribution in [1.29, 1.82) is 0 Å². The SMILES string of the molecule is O=C1CNCCCCN1c1ccccc1F. The molecule has 86 valence electrons. The van der Waals surface area contributed by atoms with Crippen LogP contribution in [0.4, 0.5) is 10.1 Å². The Bertz CT molecular complexity index is 381. The lowest BCUT2D eigenvalue weighted by molar-refractivity contribution is -0.118. The summed E-state index contributed by atoms with van der Waals surface area (Å²) in [5.74, 6) is -0.402. The van der Waals surface area contributed by atoms with Crippen molar-refractivity contribution in [2.75, 3.05) is 24.5 Å². The van der Waals surface area contributed by atoms with E-state index in [2.05, 4.69) is 5.32 Å². The monoisotopic (exact) mass is 222 g/mol. The first-order valence-corrected chi connectivity index (χ1v) is 5.54. The predicted octanol–water partition coefficient (Wildman–Crippen LogP) is 1.54. The van der Waals surface area contributed by atoms with Crippen molar-refractivity contribution >= 4 is 11.6 Å². The summed E-state index contributed by atoms with van der Waals surface area (Å²) in [5, 5.41) is 3.04. The second kappa shape index (κ2) is 5.07. The minimum Gasteiger partial charge on any atom is -0.309 e. The summed E-state index contributed by atoms with van der Waals surface area (Å²) in [7, 11) is 0. The van der Waals surface area contributed by atoms with Crippen molar-refractivity contribution in [1.82, 2.24) is 5.32 Å². The van der Waals surface area contributed by atoms with Crippen molar-refractivity contribution in [3.05, 3.63) is 30.1 Å². The lowest BCUT2D eigenvalue weighted by atomic mass is 10.2. The van der Waals surface area contributed by atoms with Gasteiger partial charge in [0, 0.05) is 6.54 Å². The van der Waals surface area contributed by atoms with Gasteiger partial charge in [-0.15, -0.1) is 0 Å². The average molecular weight is 222 g/mol. The van der Waals surface area contributed by atoms with Gasteiger partial charge in [0.25, 0.3) is 0 Å². The third-order valence-corrected chi connectivity index (χ3v) is 2.71. The number of amides is 1. The first kappa shape index (κ1) is 11.1. The number of halogens is 1. The van der Waals surface area contributed by atoms with Gasteiger partial charge in [-0.1, -0.05) is 12.1 Å². The third-order valence-electron chi connectivity index (χ3n) is 2.71. The summed E-state index contributed by atoms with van der Waals surface area (Å²) in [6.45, 7) is 1.74. The van der Waals surface area contributed by atoms with E-state index in [0.29, 0.717) is 12.2 Å². The topological polar surface area (TPSA) is 32.3 Å². The van der Waals surface area contributed by atoms with Crippen LogP contribution in [0.25, 0.3) is 0 Å². The lowest BCUT2D eigenvalue weighted by Crippen LogP contribution is -2.41. The maximum absolute atomic E-state index is 13.6. The van der Waals surface area contributed by atoms with Crippen molar-refractivity contribution < 1.29 is 9.18 Å². The number of hydrogen-bond donors (Lipinski definition) is 1. The van der Waals surface area contributed by atoms with Crippen molar-refractivity contribution in [2.45, 2.75) is 12.8 Å². The average Bonchev–Trinajstić information content (AvgIpc) is 2.26. The van der Waals surface area contributed by atoms with Crippen LogP contribution in [0.15, 0.2) is 24.3 Å². The molecule has 3 nitrogen and oxygen atoms in total. The van der Waals surface area contributed by atoms with Crippen LogP contribution in [0.5, 0.6) is 0 Å². The number of para-hydroxylation sites is 1. The predicted molar refractivity (Wildman–Crippen MR) is 60.9 cm³/mol. The summed E-state index contributed by atoms with van der Waals surface area (Å²) in [6, 6.07) is 6.41. The zero-order valence-electron chi connectivity index (χ0n) is 9.08. The van der Waals surface area contributed by atoms with Gasteiger partial charge < -0.3 is 10.2 Å². The van der Waals surface area contributed by atoms with Gasteiger partial charge in [-0.25, -0.2) is 4.39 Å². The van der Waals surface area contributed by atoms with Crippen LogP contribution in [0.3, 0.4) is 0 Å². The molecule has 0 spiro atoms. The minimum atomic E-state index is -0.337. The third kappa shape index (κ3) is 2.39. The fourth-order valence-corrected chi connectivity index (χ4v) is 1.86. The van der Waals surface area contributed by atoms with Gasteiger partial charge in [0.05, 0.1) is 12.2 Å². The van der Waals surface area contributed by atoms with Gasteiger partial charge in [-0.05, 0) is 31.5 Å². The smallest absolute Gasteiger partial charge is 0.241 e. The number of carbonyl (C=O) groups is 1. The molecule has 0 bridgehead atoms. The van der Waals surface area contributed by atoms with Crippen LogP contribution >= 0.6 is 0 Å². The van der Waals surface area contributed by atoms with Crippen LogP contribution in [-0.2, 0) is 4.79 Å². The zero-order chi connectivity index (χ0) is 11.4. The van der Waals surface area contributed by atoms with Crippen LogP contribution in [0.2, 0.25) is 0 Å². The normalized spacial score (nSPS) is 18.1. The first-order chi connectivity index (χ1) is 7.79. The molecule has 1 aliphatic rings. The molecule has 0 aliphatic carbocycles. The number of hydrogen-bond acceptors (Lipinski definition) is 2. The highest BCUT2D eigenvalue weighted by Crippen LogP contribution is 2.19. The fourth-order valence-electron chi connectivity index (χ4n) is 1.86. The number of anilines is 1. The Kier molecular flexibility index (Phi) is 3.51. The van der Waals surface area contributed by atoms with Crippen molar-refractivity contribution in [3.63, 3.8) is 0 Å². The van der Waals surface area contributed by atoms with Gasteiger partial charge in [0.15, 0.2) is 0 Å². The molecule has 1 fully saturated rings. The Morgan fingerprint density at radius 3 is 2.88 bits per heavy atom. The highest BCUT2D eigenvalue weighted by molar-refractivity contribution is 5.94. The van der Waals surface area contributed by atoms with E-state index in [0.717, 1.165) is 19.4 Å². The molecule has 4 heteroatoms. The molecular weight excluding hydrogens is 207 g/mol. The van der Waals surface area contributed by atoms with E-state index in [1.165, 1.54) is 11.0 Å². The molecule has 0 radical (unpaired) electrons. The molecule has 1 aromatic carbocycles. The maximum atomic E-state index is 13.6. The number of nitrogens with one attached hydrogen (secondary N) is 1. The molecular formula is C12H15FN2O. The molecule has 1 amide bonds. The Balaban J connectivity index is 2.22. The molecule has 2 rings (SSSR count). The van der Waals surface area contributed by atoms with Crippen molar-refractivity contribution in [3.8, 4) is 0 Å². The summed E-state index contributed by atoms with van der Waals surface area (Å²) in [5.41, 5.74) is 0.385. The summed E-state index contributed by atoms with van der Waals surface area (Å²) >= 11 is 0. The largest absolute Gasteiger partial charge is 0.309 e. The van der Waals surface area contributed by atoms with Gasteiger partial charge in [0.2, 0.25) is 5.91 Å². The number of nitrogens with zero attached hydrogens (tertiary/aromatic N) is 1. The molecule has 1 saturated heterocycles. The Labute approximate surface area is 94.3 Å². The molecule has 0 atom stereocenters. The molecule has 0 aromatic heterocycles. The quantitative estimate of drug-likeness (QED) is 0.781. The second-order valence-electron chi connectivity index (χ2n) is 3.88. The number of rotatable bonds is 1. The van der Waals surface area contributed by atoms with Gasteiger partial charge in [-0.3, -0.25) is 4.79 Å². The second-order valence-corrected chi connectivity index (χ2v) is 3.88. The van der Waals surface area contributed by atoms with E-state index < -0.39 is 0 Å². The fraction of sp³-hybridized carbons (Fsp3) is 0.417. The van der Waals surface area contributed by atoms with E-state index in [-0.39, 0.29) is 18.3 Å². The van der Waals surface area contributed by atoms with E-state index >= 15 is 0 Å². The Morgan fingerprint density at radius 1 is 1.25 bits per heavy atom. The molecule has 1 aliphatic heterocycles. The zero-order valence-corrected chi connectivity index (χ0v) is 9.08. The maximum Gasteiger partial charge on any atom is 0.241 e. The van der Waals surface area contributed by atoms with Gasteiger partial charge >= 0.3 is 0 Å². The van der Waals surface area contributed by atoms with Gasteiger partial charge in [0.1, 0.15) is 5.82 Å². The summed E-state index contributed by atoms with van der Waals surface area (Å²) in [6.07, 6.45) is 1.91. The number of benzene rings is 1. The lowest BCUT2D eigenvalue weighted by Gasteiger charge is -2.25. The summed E-state index contributed by atoms with van der Waals surface area (Å²) in [4.78, 5) is 13.3. The van der Waals surface area contributed by atoms with E-state index in [9.17, 15) is 9.18 Å². The van der Waals surface area contributed by atoms with Crippen LogP contribution < -0.4 is 10.2 Å². The number of carbonyl (C=O) groups excluding carboxylic acids is 1. The molecule has 1 heterocycles. The highest BCUT2D eigenvalue weighted by atomic mass is 19.1. The molecule has 1 N–H and O–H groups in total. The van der Waals surface area contributed by atoms with E-state index in [4.69, 9.17) is 0 Å². The summed E-state index contributed by atoms with van der Waals surface area (Å²) < 4.78 is 13.6. The first-order valence-electron chi connectivity index (χ1n) is 5.54. The van der Waals surface area contributed by atoms with Crippen LogP contribution in [0.1, 0.15) is 12.8 Å². The highest BCUT2D eigenvalue weighted by Gasteiger charge is 2.19. The van der Waals surface area contributed by atoms with Gasteiger partial charge in [-0.2, -0.15) is 0 Å². The molecule has 0 saturated carbocycles. The molecule has 1 aromatic rings. The Hall–Kier alpha value is -1.42. The van der Waals surface area contributed by atoms with E-state index in [1.807, 2.05) is 0 Å².